The van der Waals surface area contributed by atoms with E-state index in [0.29, 0.717) is 0 Å². The zero-order valence-electron chi connectivity index (χ0n) is 8.76. The minimum absolute atomic E-state index is 0.0962. The molecular formula is C12H17NO2. The minimum atomic E-state index is -0.127. The van der Waals surface area contributed by atoms with Crippen LogP contribution >= 0.6 is 0 Å². The van der Waals surface area contributed by atoms with Gasteiger partial charge in [-0.1, -0.05) is 12.1 Å². The molecule has 2 rings (SSSR count). The highest BCUT2D eigenvalue weighted by atomic mass is 16.3. The van der Waals surface area contributed by atoms with E-state index in [2.05, 4.69) is 4.90 Å². The van der Waals surface area contributed by atoms with Crippen molar-refractivity contribution in [3.63, 3.8) is 0 Å². The van der Waals surface area contributed by atoms with Crippen molar-refractivity contribution in [2.75, 3.05) is 18.0 Å². The molecule has 82 valence electrons. The zero-order chi connectivity index (χ0) is 10.7. The summed E-state index contributed by atoms with van der Waals surface area (Å²) in [5.74, 6) is 0. The molecule has 1 aromatic carbocycles. The molecule has 0 amide bonds. The highest BCUT2D eigenvalue weighted by Gasteiger charge is 2.16. The van der Waals surface area contributed by atoms with Gasteiger partial charge in [0.2, 0.25) is 0 Å². The third-order valence-corrected chi connectivity index (χ3v) is 2.95. The van der Waals surface area contributed by atoms with E-state index in [-0.39, 0.29) is 12.7 Å². The van der Waals surface area contributed by atoms with Gasteiger partial charge in [-0.25, -0.2) is 0 Å². The van der Waals surface area contributed by atoms with Gasteiger partial charge in [-0.3, -0.25) is 0 Å². The molecule has 2 N–H and O–H groups in total. The lowest BCUT2D eigenvalue weighted by atomic mass is 10.1. The third-order valence-electron chi connectivity index (χ3n) is 2.95. The fourth-order valence-electron chi connectivity index (χ4n) is 1.94. The summed E-state index contributed by atoms with van der Waals surface area (Å²) in [7, 11) is 0. The van der Waals surface area contributed by atoms with Crippen molar-refractivity contribution in [2.45, 2.75) is 25.6 Å². The van der Waals surface area contributed by atoms with Crippen molar-refractivity contribution in [1.82, 2.24) is 0 Å². The van der Waals surface area contributed by atoms with E-state index in [9.17, 15) is 5.11 Å². The van der Waals surface area contributed by atoms with Crippen LogP contribution in [0, 0.1) is 0 Å². The van der Waals surface area contributed by atoms with Crippen LogP contribution < -0.4 is 4.90 Å². The van der Waals surface area contributed by atoms with Crippen LogP contribution in [0.5, 0.6) is 0 Å². The van der Waals surface area contributed by atoms with Crippen LogP contribution in [0.2, 0.25) is 0 Å². The van der Waals surface area contributed by atoms with Gasteiger partial charge in [0.25, 0.3) is 0 Å². The molecule has 1 fully saturated rings. The molecule has 1 aliphatic rings. The predicted octanol–water partition coefficient (Wildman–Crippen LogP) is 1.14. The predicted molar refractivity (Wildman–Crippen MR) is 59.8 cm³/mol. The fraction of sp³-hybridized carbons (Fsp3) is 0.500. The summed E-state index contributed by atoms with van der Waals surface area (Å²) >= 11 is 0. The summed E-state index contributed by atoms with van der Waals surface area (Å²) in [5, 5.41) is 18.3. The average molecular weight is 207 g/mol. The Labute approximate surface area is 90.0 Å². The fourth-order valence-corrected chi connectivity index (χ4v) is 1.94. The number of rotatable bonds is 2. The lowest BCUT2D eigenvalue weighted by Gasteiger charge is -2.31. The molecule has 1 heterocycles. The molecule has 0 aromatic heterocycles. The molecule has 3 nitrogen and oxygen atoms in total. The molecule has 0 radical (unpaired) electrons. The first-order valence-corrected chi connectivity index (χ1v) is 5.42. The third kappa shape index (κ3) is 2.49. The van der Waals surface area contributed by atoms with Crippen LogP contribution in [-0.4, -0.2) is 29.4 Å². The molecule has 0 aliphatic carbocycles. The van der Waals surface area contributed by atoms with Gasteiger partial charge in [-0.2, -0.15) is 0 Å². The number of benzene rings is 1. The first-order chi connectivity index (χ1) is 7.29. The van der Waals surface area contributed by atoms with Gasteiger partial charge in [0.1, 0.15) is 0 Å². The molecule has 0 unspecified atom stereocenters. The summed E-state index contributed by atoms with van der Waals surface area (Å²) in [5.41, 5.74) is 2.12. The van der Waals surface area contributed by atoms with Crippen LogP contribution in [0.4, 0.5) is 5.69 Å². The number of hydrogen-bond donors (Lipinski definition) is 2. The average Bonchev–Trinajstić information content (AvgIpc) is 2.30. The van der Waals surface area contributed by atoms with Crippen LogP contribution in [0.3, 0.4) is 0 Å². The molecular weight excluding hydrogens is 190 g/mol. The Morgan fingerprint density at radius 3 is 2.27 bits per heavy atom. The maximum absolute atomic E-state index is 9.40. The standard InChI is InChI=1S/C12H17NO2/c14-9-10-1-3-11(4-2-10)13-7-5-12(15)6-8-13/h1-4,12,14-15H,5-9H2. The van der Waals surface area contributed by atoms with Crippen LogP contribution in [0.25, 0.3) is 0 Å². The van der Waals surface area contributed by atoms with Crippen LogP contribution in [-0.2, 0) is 6.61 Å². The Balaban J connectivity index is 2.03. The second-order valence-electron chi connectivity index (χ2n) is 4.04. The topological polar surface area (TPSA) is 43.7 Å². The van der Waals surface area contributed by atoms with E-state index >= 15 is 0 Å². The Morgan fingerprint density at radius 1 is 1.13 bits per heavy atom. The van der Waals surface area contributed by atoms with Crippen molar-refractivity contribution in [1.29, 1.82) is 0 Å². The molecule has 1 saturated heterocycles. The maximum atomic E-state index is 9.40. The number of nitrogens with zero attached hydrogens (tertiary/aromatic N) is 1. The Morgan fingerprint density at radius 2 is 1.73 bits per heavy atom. The van der Waals surface area contributed by atoms with Crippen molar-refractivity contribution >= 4 is 5.69 Å². The first-order valence-electron chi connectivity index (χ1n) is 5.42. The minimum Gasteiger partial charge on any atom is -0.393 e. The largest absolute Gasteiger partial charge is 0.393 e. The van der Waals surface area contributed by atoms with Crippen LogP contribution in [0.15, 0.2) is 24.3 Å². The van der Waals surface area contributed by atoms with E-state index in [4.69, 9.17) is 5.11 Å². The van der Waals surface area contributed by atoms with E-state index < -0.39 is 0 Å². The molecule has 0 spiro atoms. The Hall–Kier alpha value is -1.06. The normalized spacial score (nSPS) is 18.1. The SMILES string of the molecule is OCc1ccc(N2CCC(O)CC2)cc1. The van der Waals surface area contributed by atoms with E-state index in [0.717, 1.165) is 31.5 Å². The lowest BCUT2D eigenvalue weighted by molar-refractivity contribution is 0.145. The maximum Gasteiger partial charge on any atom is 0.0681 e. The van der Waals surface area contributed by atoms with Gasteiger partial charge in [-0.05, 0) is 30.5 Å². The zero-order valence-corrected chi connectivity index (χ0v) is 8.76. The summed E-state index contributed by atoms with van der Waals surface area (Å²) in [6.07, 6.45) is 1.57. The Kier molecular flexibility index (Phi) is 3.23. The summed E-state index contributed by atoms with van der Waals surface area (Å²) in [6.45, 7) is 1.93. The van der Waals surface area contributed by atoms with Crippen molar-refractivity contribution in [3.8, 4) is 0 Å². The highest BCUT2D eigenvalue weighted by Crippen LogP contribution is 2.20. The first kappa shape index (κ1) is 10.5. The molecule has 1 aliphatic heterocycles. The number of aliphatic hydroxyl groups excluding tert-OH is 2. The molecule has 15 heavy (non-hydrogen) atoms. The highest BCUT2D eigenvalue weighted by molar-refractivity contribution is 5.47. The molecule has 0 atom stereocenters. The monoisotopic (exact) mass is 207 g/mol. The molecule has 3 heteroatoms. The van der Waals surface area contributed by atoms with E-state index in [1.807, 2.05) is 24.3 Å². The van der Waals surface area contributed by atoms with Gasteiger partial charge in [-0.15, -0.1) is 0 Å². The van der Waals surface area contributed by atoms with Crippen molar-refractivity contribution in [2.24, 2.45) is 0 Å². The molecule has 1 aromatic rings. The number of anilines is 1. The van der Waals surface area contributed by atoms with Crippen molar-refractivity contribution < 1.29 is 10.2 Å². The van der Waals surface area contributed by atoms with E-state index in [1.165, 1.54) is 5.69 Å². The van der Waals surface area contributed by atoms with E-state index in [1.54, 1.807) is 0 Å². The van der Waals surface area contributed by atoms with Crippen LogP contribution in [0.1, 0.15) is 18.4 Å². The molecule has 0 saturated carbocycles. The molecule has 0 bridgehead atoms. The second-order valence-corrected chi connectivity index (χ2v) is 4.04. The summed E-state index contributed by atoms with van der Waals surface area (Å²) in [4.78, 5) is 2.27. The van der Waals surface area contributed by atoms with Gasteiger partial charge in [0, 0.05) is 18.8 Å². The lowest BCUT2D eigenvalue weighted by Crippen LogP contribution is -2.35. The van der Waals surface area contributed by atoms with Gasteiger partial charge in [0.05, 0.1) is 12.7 Å². The quantitative estimate of drug-likeness (QED) is 0.764. The summed E-state index contributed by atoms with van der Waals surface area (Å²) < 4.78 is 0. The van der Waals surface area contributed by atoms with Gasteiger partial charge in [0.15, 0.2) is 0 Å². The number of piperidine rings is 1. The Bertz CT molecular complexity index is 302. The smallest absolute Gasteiger partial charge is 0.0681 e. The van der Waals surface area contributed by atoms with Crippen molar-refractivity contribution in [3.05, 3.63) is 29.8 Å². The number of aliphatic hydroxyl groups is 2. The van der Waals surface area contributed by atoms with Gasteiger partial charge < -0.3 is 15.1 Å². The summed E-state index contributed by atoms with van der Waals surface area (Å²) in [6, 6.07) is 7.95. The second kappa shape index (κ2) is 4.64. The van der Waals surface area contributed by atoms with Gasteiger partial charge >= 0.3 is 0 Å². The number of hydrogen-bond acceptors (Lipinski definition) is 3.